The molecule has 2 heterocycles. The minimum atomic E-state index is -0.312. The van der Waals surface area contributed by atoms with Crippen LogP contribution in [0.3, 0.4) is 0 Å². The Morgan fingerprint density at radius 2 is 2.39 bits per heavy atom. The van der Waals surface area contributed by atoms with E-state index in [9.17, 15) is 5.11 Å². The van der Waals surface area contributed by atoms with Crippen molar-refractivity contribution >= 4 is 11.5 Å². The second-order valence-corrected chi connectivity index (χ2v) is 4.51. The van der Waals surface area contributed by atoms with Crippen LogP contribution in [0.15, 0.2) is 6.33 Å². The summed E-state index contributed by atoms with van der Waals surface area (Å²) in [7, 11) is 0. The number of nitrogens with zero attached hydrogens (tertiary/aromatic N) is 3. The third-order valence-corrected chi connectivity index (χ3v) is 2.97. The number of anilines is 2. The Hall–Kier alpha value is -1.56. The van der Waals surface area contributed by atoms with Gasteiger partial charge in [0.15, 0.2) is 5.82 Å². The summed E-state index contributed by atoms with van der Waals surface area (Å²) in [6.07, 6.45) is 3.82. The largest absolute Gasteiger partial charge is 0.476 e. The number of ether oxygens (including phenoxy) is 1. The number of piperidine rings is 1. The molecule has 0 amide bonds. The molecule has 100 valence electrons. The topological polar surface area (TPSA) is 84.5 Å². The summed E-state index contributed by atoms with van der Waals surface area (Å²) in [6.45, 7) is 4.03. The van der Waals surface area contributed by atoms with E-state index in [0.717, 1.165) is 25.8 Å². The summed E-state index contributed by atoms with van der Waals surface area (Å²) in [5.41, 5.74) is 6.49. The lowest BCUT2D eigenvalue weighted by atomic mass is 10.1. The highest BCUT2D eigenvalue weighted by Gasteiger charge is 2.22. The first-order chi connectivity index (χ1) is 8.72. The molecule has 6 nitrogen and oxygen atoms in total. The third-order valence-electron chi connectivity index (χ3n) is 2.97. The number of aromatic nitrogens is 2. The quantitative estimate of drug-likeness (QED) is 0.825. The van der Waals surface area contributed by atoms with Gasteiger partial charge in [0.1, 0.15) is 12.0 Å². The van der Waals surface area contributed by atoms with Crippen LogP contribution in [0, 0.1) is 0 Å². The number of hydrogen-bond acceptors (Lipinski definition) is 6. The molecule has 6 heteroatoms. The highest BCUT2D eigenvalue weighted by atomic mass is 16.5. The smallest absolute Gasteiger partial charge is 0.242 e. The minimum Gasteiger partial charge on any atom is -0.476 e. The molecule has 0 radical (unpaired) electrons. The van der Waals surface area contributed by atoms with Gasteiger partial charge in [-0.15, -0.1) is 0 Å². The minimum absolute atomic E-state index is 0.312. The molecular formula is C12H20N4O2. The van der Waals surface area contributed by atoms with Gasteiger partial charge in [0, 0.05) is 13.1 Å². The fraction of sp³-hybridized carbons (Fsp3) is 0.667. The van der Waals surface area contributed by atoms with E-state index in [-0.39, 0.29) is 6.10 Å². The highest BCUT2D eigenvalue weighted by Crippen LogP contribution is 2.29. The molecule has 1 fully saturated rings. The Balaban J connectivity index is 2.16. The lowest BCUT2D eigenvalue weighted by molar-refractivity contribution is 0.154. The second kappa shape index (κ2) is 5.86. The summed E-state index contributed by atoms with van der Waals surface area (Å²) in [5, 5.41) is 9.69. The van der Waals surface area contributed by atoms with Gasteiger partial charge in [0.25, 0.3) is 0 Å². The maximum Gasteiger partial charge on any atom is 0.242 e. The molecule has 1 unspecified atom stereocenters. The van der Waals surface area contributed by atoms with E-state index in [0.29, 0.717) is 30.5 Å². The van der Waals surface area contributed by atoms with Gasteiger partial charge in [-0.3, -0.25) is 0 Å². The van der Waals surface area contributed by atoms with Crippen molar-refractivity contribution in [3.8, 4) is 5.88 Å². The van der Waals surface area contributed by atoms with Crippen LogP contribution >= 0.6 is 0 Å². The summed E-state index contributed by atoms with van der Waals surface area (Å²) in [5.74, 6) is 1.09. The summed E-state index contributed by atoms with van der Waals surface area (Å²) in [4.78, 5) is 10.2. The molecule has 1 aromatic rings. The molecule has 0 aromatic carbocycles. The van der Waals surface area contributed by atoms with Gasteiger partial charge in [-0.25, -0.2) is 4.98 Å². The molecule has 1 aliphatic rings. The SMILES string of the molecule is CCCOc1ncnc(N2CCCC(O)C2)c1N. The number of aliphatic hydroxyl groups excluding tert-OH is 1. The molecular weight excluding hydrogens is 232 g/mol. The predicted octanol–water partition coefficient (Wildman–Crippen LogP) is 0.809. The van der Waals surface area contributed by atoms with Gasteiger partial charge in [-0.1, -0.05) is 6.92 Å². The van der Waals surface area contributed by atoms with E-state index < -0.39 is 0 Å². The van der Waals surface area contributed by atoms with Crippen LogP contribution in [0.2, 0.25) is 0 Å². The zero-order valence-corrected chi connectivity index (χ0v) is 10.7. The molecule has 1 saturated heterocycles. The normalized spacial score (nSPS) is 19.9. The van der Waals surface area contributed by atoms with E-state index in [1.165, 1.54) is 6.33 Å². The number of β-amino-alcohol motifs (C(OH)–C–C–N with tert-alkyl or cyclic N) is 1. The van der Waals surface area contributed by atoms with Crippen LogP contribution < -0.4 is 15.4 Å². The first kappa shape index (κ1) is 12.9. The predicted molar refractivity (Wildman–Crippen MR) is 69.7 cm³/mol. The van der Waals surface area contributed by atoms with Crippen LogP contribution in [0.1, 0.15) is 26.2 Å². The van der Waals surface area contributed by atoms with Crippen LogP contribution in [0.25, 0.3) is 0 Å². The van der Waals surface area contributed by atoms with Gasteiger partial charge in [-0.05, 0) is 19.3 Å². The van der Waals surface area contributed by atoms with Crippen molar-refractivity contribution in [3.63, 3.8) is 0 Å². The summed E-state index contributed by atoms with van der Waals surface area (Å²) in [6, 6.07) is 0. The Morgan fingerprint density at radius 3 is 3.11 bits per heavy atom. The number of rotatable bonds is 4. The zero-order valence-electron chi connectivity index (χ0n) is 10.7. The fourth-order valence-corrected chi connectivity index (χ4v) is 2.08. The van der Waals surface area contributed by atoms with Crippen molar-refractivity contribution in [2.45, 2.75) is 32.3 Å². The summed E-state index contributed by atoms with van der Waals surface area (Å²) < 4.78 is 5.48. The van der Waals surface area contributed by atoms with Gasteiger partial charge in [0.2, 0.25) is 5.88 Å². The average molecular weight is 252 g/mol. The second-order valence-electron chi connectivity index (χ2n) is 4.51. The maximum absolute atomic E-state index is 9.69. The third kappa shape index (κ3) is 2.81. The molecule has 3 N–H and O–H groups in total. The first-order valence-electron chi connectivity index (χ1n) is 6.38. The number of nitrogen functional groups attached to an aromatic ring is 1. The van der Waals surface area contributed by atoms with E-state index in [4.69, 9.17) is 10.5 Å². The monoisotopic (exact) mass is 252 g/mol. The van der Waals surface area contributed by atoms with Gasteiger partial charge in [0.05, 0.1) is 12.7 Å². The maximum atomic E-state index is 9.69. The van der Waals surface area contributed by atoms with E-state index >= 15 is 0 Å². The van der Waals surface area contributed by atoms with Crippen molar-refractivity contribution < 1.29 is 9.84 Å². The Kier molecular flexibility index (Phi) is 4.19. The molecule has 1 aromatic heterocycles. The molecule has 0 aliphatic carbocycles. The van der Waals surface area contributed by atoms with Gasteiger partial charge < -0.3 is 20.5 Å². The standard InChI is InChI=1S/C12H20N4O2/c1-2-6-18-12-10(13)11(14-8-15-12)16-5-3-4-9(17)7-16/h8-9,17H,2-7,13H2,1H3. The van der Waals surface area contributed by atoms with E-state index in [1.807, 2.05) is 11.8 Å². The Bertz CT molecular complexity index is 400. The molecule has 0 saturated carbocycles. The molecule has 1 aliphatic heterocycles. The first-order valence-corrected chi connectivity index (χ1v) is 6.38. The van der Waals surface area contributed by atoms with Crippen molar-refractivity contribution in [2.24, 2.45) is 0 Å². The van der Waals surface area contributed by atoms with Gasteiger partial charge >= 0.3 is 0 Å². The zero-order chi connectivity index (χ0) is 13.0. The van der Waals surface area contributed by atoms with Crippen LogP contribution in [-0.2, 0) is 0 Å². The van der Waals surface area contributed by atoms with Crippen LogP contribution in [0.4, 0.5) is 11.5 Å². The van der Waals surface area contributed by atoms with Crippen molar-refractivity contribution in [3.05, 3.63) is 6.33 Å². The Labute approximate surface area is 107 Å². The molecule has 0 bridgehead atoms. The van der Waals surface area contributed by atoms with Crippen molar-refractivity contribution in [1.82, 2.24) is 9.97 Å². The molecule has 18 heavy (non-hydrogen) atoms. The lowest BCUT2D eigenvalue weighted by Crippen LogP contribution is -2.39. The number of aliphatic hydroxyl groups is 1. The fourth-order valence-electron chi connectivity index (χ4n) is 2.08. The van der Waals surface area contributed by atoms with Crippen molar-refractivity contribution in [1.29, 1.82) is 0 Å². The number of nitrogens with two attached hydrogens (primary N) is 1. The Morgan fingerprint density at radius 1 is 1.56 bits per heavy atom. The van der Waals surface area contributed by atoms with E-state index in [1.54, 1.807) is 0 Å². The van der Waals surface area contributed by atoms with E-state index in [2.05, 4.69) is 9.97 Å². The molecule has 2 rings (SSSR count). The summed E-state index contributed by atoms with van der Waals surface area (Å²) >= 11 is 0. The number of hydrogen-bond donors (Lipinski definition) is 2. The van der Waals surface area contributed by atoms with Crippen LogP contribution in [0.5, 0.6) is 5.88 Å². The van der Waals surface area contributed by atoms with Crippen molar-refractivity contribution in [2.75, 3.05) is 30.3 Å². The molecule has 1 atom stereocenters. The van der Waals surface area contributed by atoms with Gasteiger partial charge in [-0.2, -0.15) is 4.98 Å². The molecule has 0 spiro atoms. The van der Waals surface area contributed by atoms with Crippen LogP contribution in [-0.4, -0.2) is 40.9 Å². The average Bonchev–Trinajstić information content (AvgIpc) is 2.37. The lowest BCUT2D eigenvalue weighted by Gasteiger charge is -2.31. The highest BCUT2D eigenvalue weighted by molar-refractivity contribution is 5.67.